The number of carbonyl (C=O) groups excluding carboxylic acids is 1. The maximum absolute atomic E-state index is 12.5. The Bertz CT molecular complexity index is 655. The molecule has 0 aromatic rings. The third kappa shape index (κ3) is 11.6. The lowest BCUT2D eigenvalue weighted by Gasteiger charge is -2.20. The number of allylic oxidation sites excluding steroid dienone is 3. The highest BCUT2D eigenvalue weighted by Gasteiger charge is 2.20. The van der Waals surface area contributed by atoms with Gasteiger partial charge in [0.05, 0.1) is 31.5 Å². The van der Waals surface area contributed by atoms with Gasteiger partial charge in [-0.1, -0.05) is 0 Å². The Labute approximate surface area is 192 Å². The second-order valence-electron chi connectivity index (χ2n) is 7.96. The molecule has 0 radical (unpaired) electrons. The van der Waals surface area contributed by atoms with E-state index < -0.39 is 5.97 Å². The van der Waals surface area contributed by atoms with Crippen LogP contribution < -0.4 is 5.32 Å². The maximum atomic E-state index is 12.5. The third-order valence-corrected chi connectivity index (χ3v) is 4.89. The summed E-state index contributed by atoms with van der Waals surface area (Å²) in [5.74, 6) is -0.607. The zero-order chi connectivity index (χ0) is 23.8. The van der Waals surface area contributed by atoms with E-state index in [0.717, 1.165) is 37.1 Å². The summed E-state index contributed by atoms with van der Waals surface area (Å²) in [5, 5.41) is 12.9. The molecule has 3 atom stereocenters. The lowest BCUT2D eigenvalue weighted by Crippen LogP contribution is -2.27. The molecule has 182 valence electrons. The van der Waals surface area contributed by atoms with Crippen LogP contribution >= 0.6 is 0 Å². The van der Waals surface area contributed by atoms with Gasteiger partial charge >= 0.3 is 5.97 Å². The minimum atomic E-state index is -0.607. The number of carbonyl (C=O) groups is 1. The Morgan fingerprint density at radius 1 is 1.09 bits per heavy atom. The van der Waals surface area contributed by atoms with Gasteiger partial charge in [-0.25, -0.2) is 4.79 Å². The third-order valence-electron chi connectivity index (χ3n) is 4.89. The molecule has 8 nitrogen and oxygen atoms in total. The zero-order valence-electron chi connectivity index (χ0n) is 20.3. The molecule has 0 spiro atoms. The Kier molecular flexibility index (Phi) is 14.7. The first kappa shape index (κ1) is 28.1. The standard InChI is InChI=1S/C24H40N2O6/c1-6-29-18(2)15-30-19(3)16-31-20(4)17-32-24(27)23(14-25)21-9-7-10-22(13-21)26-11-8-12-28-5/h13,18-20,26H,6-12,15-17H2,1-5H3/b23-21-. The highest BCUT2D eigenvalue weighted by Crippen LogP contribution is 2.24. The van der Waals surface area contributed by atoms with Crippen molar-refractivity contribution in [1.82, 2.24) is 5.32 Å². The normalized spacial score (nSPS) is 18.2. The van der Waals surface area contributed by atoms with Crippen molar-refractivity contribution in [2.45, 2.75) is 71.7 Å². The average Bonchev–Trinajstić information content (AvgIpc) is 2.78. The predicted octanol–water partition coefficient (Wildman–Crippen LogP) is 3.28. The summed E-state index contributed by atoms with van der Waals surface area (Å²) in [7, 11) is 1.68. The molecule has 0 saturated carbocycles. The summed E-state index contributed by atoms with van der Waals surface area (Å²) in [6, 6.07) is 2.02. The number of methoxy groups -OCH3 is 1. The Morgan fingerprint density at radius 3 is 2.38 bits per heavy atom. The van der Waals surface area contributed by atoms with E-state index in [1.165, 1.54) is 0 Å². The van der Waals surface area contributed by atoms with E-state index in [1.807, 2.05) is 39.8 Å². The average molecular weight is 453 g/mol. The molecule has 0 fully saturated rings. The number of rotatable bonds is 16. The molecule has 1 aliphatic rings. The molecular weight excluding hydrogens is 412 g/mol. The van der Waals surface area contributed by atoms with Gasteiger partial charge in [0.2, 0.25) is 0 Å². The van der Waals surface area contributed by atoms with E-state index in [1.54, 1.807) is 7.11 Å². The molecule has 8 heteroatoms. The van der Waals surface area contributed by atoms with Gasteiger partial charge in [0.25, 0.3) is 0 Å². The number of esters is 1. The van der Waals surface area contributed by atoms with Gasteiger partial charge in [0.15, 0.2) is 0 Å². The molecular formula is C24H40N2O6. The van der Waals surface area contributed by atoms with Gasteiger partial charge in [-0.2, -0.15) is 5.26 Å². The Balaban J connectivity index is 2.47. The summed E-state index contributed by atoms with van der Waals surface area (Å²) < 4.78 is 27.2. The van der Waals surface area contributed by atoms with E-state index in [-0.39, 0.29) is 30.5 Å². The highest BCUT2D eigenvalue weighted by molar-refractivity contribution is 5.94. The van der Waals surface area contributed by atoms with Crippen LogP contribution in [-0.2, 0) is 28.5 Å². The van der Waals surface area contributed by atoms with Crippen molar-refractivity contribution in [1.29, 1.82) is 5.26 Å². The fourth-order valence-corrected chi connectivity index (χ4v) is 3.17. The molecule has 0 aromatic carbocycles. The lowest BCUT2D eigenvalue weighted by molar-refractivity contribution is -0.143. The number of nitrogens with one attached hydrogen (secondary N) is 1. The summed E-state index contributed by atoms with van der Waals surface area (Å²) in [4.78, 5) is 12.5. The molecule has 0 aromatic heterocycles. The fourth-order valence-electron chi connectivity index (χ4n) is 3.17. The highest BCUT2D eigenvalue weighted by atomic mass is 16.6. The van der Waals surface area contributed by atoms with Crippen molar-refractivity contribution in [3.63, 3.8) is 0 Å². The minimum Gasteiger partial charge on any atom is -0.459 e. The van der Waals surface area contributed by atoms with Gasteiger partial charge in [0, 0.05) is 32.6 Å². The number of hydrogen-bond donors (Lipinski definition) is 1. The van der Waals surface area contributed by atoms with Crippen LogP contribution in [0.3, 0.4) is 0 Å². The van der Waals surface area contributed by atoms with Gasteiger partial charge in [-0.3, -0.25) is 0 Å². The van der Waals surface area contributed by atoms with E-state index in [4.69, 9.17) is 23.7 Å². The second kappa shape index (κ2) is 16.7. The van der Waals surface area contributed by atoms with Crippen LogP contribution in [0.4, 0.5) is 0 Å². The molecule has 32 heavy (non-hydrogen) atoms. The predicted molar refractivity (Wildman–Crippen MR) is 122 cm³/mol. The van der Waals surface area contributed by atoms with E-state index in [0.29, 0.717) is 32.8 Å². The smallest absolute Gasteiger partial charge is 0.349 e. The first-order chi connectivity index (χ1) is 15.4. The van der Waals surface area contributed by atoms with Crippen LogP contribution in [0.2, 0.25) is 0 Å². The SMILES string of the molecule is CCOC(C)COC(C)COC(C)COC(=O)/C(C#N)=C1\C=C(NCCCOC)CCC1. The van der Waals surface area contributed by atoms with E-state index in [2.05, 4.69) is 5.32 Å². The molecule has 3 unspecified atom stereocenters. The second-order valence-corrected chi connectivity index (χ2v) is 7.96. The largest absolute Gasteiger partial charge is 0.459 e. The number of ether oxygens (including phenoxy) is 5. The van der Waals surface area contributed by atoms with Crippen LogP contribution in [0.25, 0.3) is 0 Å². The van der Waals surface area contributed by atoms with Crippen LogP contribution in [0, 0.1) is 11.3 Å². The monoisotopic (exact) mass is 452 g/mol. The van der Waals surface area contributed by atoms with Gasteiger partial charge in [0.1, 0.15) is 18.2 Å². The quantitative estimate of drug-likeness (QED) is 0.165. The first-order valence-corrected chi connectivity index (χ1v) is 11.5. The Morgan fingerprint density at radius 2 is 1.75 bits per heavy atom. The van der Waals surface area contributed by atoms with Crippen molar-refractivity contribution >= 4 is 5.97 Å². The molecule has 1 N–H and O–H groups in total. The maximum Gasteiger partial charge on any atom is 0.349 e. The van der Waals surface area contributed by atoms with Gasteiger partial charge < -0.3 is 29.0 Å². The Hall–Kier alpha value is -1.92. The summed E-state index contributed by atoms with van der Waals surface area (Å²) in [6.07, 6.45) is 4.89. The minimum absolute atomic E-state index is 0.0354. The van der Waals surface area contributed by atoms with Gasteiger partial charge in [-0.15, -0.1) is 0 Å². The van der Waals surface area contributed by atoms with Crippen molar-refractivity contribution in [3.05, 3.63) is 22.9 Å². The number of hydrogen-bond acceptors (Lipinski definition) is 8. The van der Waals surface area contributed by atoms with E-state index >= 15 is 0 Å². The van der Waals surface area contributed by atoms with Crippen LogP contribution in [-0.4, -0.2) is 71.0 Å². The molecule has 1 aliphatic carbocycles. The van der Waals surface area contributed by atoms with Crippen LogP contribution in [0.1, 0.15) is 53.4 Å². The summed E-state index contributed by atoms with van der Waals surface area (Å²) in [6.45, 7) is 10.7. The molecule has 0 heterocycles. The van der Waals surface area contributed by atoms with Gasteiger partial charge in [-0.05, 0) is 65.0 Å². The van der Waals surface area contributed by atoms with Crippen molar-refractivity contribution in [2.24, 2.45) is 0 Å². The summed E-state index contributed by atoms with van der Waals surface area (Å²) >= 11 is 0. The fraction of sp³-hybridized carbons (Fsp3) is 0.750. The first-order valence-electron chi connectivity index (χ1n) is 11.5. The van der Waals surface area contributed by atoms with Crippen LogP contribution in [0.15, 0.2) is 22.9 Å². The van der Waals surface area contributed by atoms with Crippen LogP contribution in [0.5, 0.6) is 0 Å². The summed E-state index contributed by atoms with van der Waals surface area (Å²) in [5.41, 5.74) is 1.82. The molecule has 0 bridgehead atoms. The molecule has 0 amide bonds. The van der Waals surface area contributed by atoms with Crippen molar-refractivity contribution in [2.75, 3.05) is 46.7 Å². The number of nitrogens with zero attached hydrogens (tertiary/aromatic N) is 1. The van der Waals surface area contributed by atoms with Crippen molar-refractivity contribution < 1.29 is 28.5 Å². The number of nitriles is 1. The van der Waals surface area contributed by atoms with E-state index in [9.17, 15) is 10.1 Å². The molecule has 0 saturated heterocycles. The molecule has 0 aliphatic heterocycles. The lowest BCUT2D eigenvalue weighted by atomic mass is 9.95. The molecule has 1 rings (SSSR count). The van der Waals surface area contributed by atoms with Crippen molar-refractivity contribution in [3.8, 4) is 6.07 Å². The zero-order valence-corrected chi connectivity index (χ0v) is 20.3. The topological polar surface area (TPSA) is 99.0 Å².